The molecule has 0 unspecified atom stereocenters. The number of hydrogen-bond acceptors (Lipinski definition) is 3. The molecule has 2 N–H and O–H groups in total. The quantitative estimate of drug-likeness (QED) is 0.759. The van der Waals surface area contributed by atoms with E-state index >= 15 is 0 Å². The first kappa shape index (κ1) is 16.0. The average molecular weight is 265 g/mol. The van der Waals surface area contributed by atoms with Crippen LogP contribution in [-0.4, -0.2) is 30.9 Å². The predicted molar refractivity (Wildman–Crippen MR) is 79.7 cm³/mol. The van der Waals surface area contributed by atoms with Gasteiger partial charge in [0.1, 0.15) is 18.5 Å². The molecule has 0 bridgehead atoms. The summed E-state index contributed by atoms with van der Waals surface area (Å²) in [6, 6.07) is 8.01. The Morgan fingerprint density at radius 3 is 2.42 bits per heavy atom. The lowest BCUT2D eigenvalue weighted by molar-refractivity contribution is 0.105. The number of benzene rings is 1. The van der Waals surface area contributed by atoms with Gasteiger partial charge < -0.3 is 15.2 Å². The first-order chi connectivity index (χ1) is 9.00. The van der Waals surface area contributed by atoms with Gasteiger partial charge in [0, 0.05) is 6.54 Å². The Kier molecular flexibility index (Phi) is 6.89. The number of nitrogens with one attached hydrogen (secondary N) is 1. The van der Waals surface area contributed by atoms with Crippen molar-refractivity contribution in [1.29, 1.82) is 0 Å². The second-order valence-corrected chi connectivity index (χ2v) is 5.71. The summed E-state index contributed by atoms with van der Waals surface area (Å²) >= 11 is 0. The van der Waals surface area contributed by atoms with Gasteiger partial charge in [-0.2, -0.15) is 0 Å². The van der Waals surface area contributed by atoms with Crippen LogP contribution in [0.4, 0.5) is 0 Å². The zero-order valence-electron chi connectivity index (χ0n) is 12.5. The topological polar surface area (TPSA) is 41.5 Å². The number of rotatable bonds is 8. The average Bonchev–Trinajstić information content (AvgIpc) is 2.36. The second-order valence-electron chi connectivity index (χ2n) is 5.71. The van der Waals surface area contributed by atoms with Crippen molar-refractivity contribution >= 4 is 0 Å². The highest BCUT2D eigenvalue weighted by molar-refractivity contribution is 5.35. The zero-order valence-corrected chi connectivity index (χ0v) is 12.5. The number of ether oxygens (including phenoxy) is 1. The lowest BCUT2D eigenvalue weighted by Gasteiger charge is -2.17. The molecule has 3 heteroatoms. The van der Waals surface area contributed by atoms with Gasteiger partial charge in [-0.25, -0.2) is 0 Å². The van der Waals surface area contributed by atoms with E-state index < -0.39 is 6.10 Å². The van der Waals surface area contributed by atoms with Crippen LogP contribution in [0.25, 0.3) is 0 Å². The Hall–Kier alpha value is -1.06. The van der Waals surface area contributed by atoms with E-state index in [0.29, 0.717) is 25.0 Å². The summed E-state index contributed by atoms with van der Waals surface area (Å²) in [6.45, 7) is 10.4. The Balaban J connectivity index is 2.39. The van der Waals surface area contributed by atoms with Gasteiger partial charge in [-0.15, -0.1) is 0 Å². The molecule has 0 heterocycles. The maximum Gasteiger partial charge on any atom is 0.122 e. The fourth-order valence-electron chi connectivity index (χ4n) is 1.87. The standard InChI is InChI=1S/C16H27NO2/c1-12(2)9-17-10-14(18)11-19-16-8-6-5-7-15(16)13(3)4/h5-8,12-14,17-18H,9-11H2,1-4H3/t14-/m0/s1. The number of aliphatic hydroxyl groups excluding tert-OH is 1. The van der Waals surface area contributed by atoms with Gasteiger partial charge in [-0.1, -0.05) is 45.9 Å². The molecule has 3 nitrogen and oxygen atoms in total. The molecule has 19 heavy (non-hydrogen) atoms. The van der Waals surface area contributed by atoms with Crippen molar-refractivity contribution in [3.05, 3.63) is 29.8 Å². The largest absolute Gasteiger partial charge is 0.491 e. The van der Waals surface area contributed by atoms with Crippen LogP contribution in [0.1, 0.15) is 39.2 Å². The van der Waals surface area contributed by atoms with Crippen LogP contribution in [0, 0.1) is 5.92 Å². The molecule has 108 valence electrons. The van der Waals surface area contributed by atoms with Gasteiger partial charge in [-0.3, -0.25) is 0 Å². The smallest absolute Gasteiger partial charge is 0.122 e. The van der Waals surface area contributed by atoms with Gasteiger partial charge in [0.15, 0.2) is 0 Å². The molecule has 0 aliphatic carbocycles. The Labute approximate surface area is 117 Å². The van der Waals surface area contributed by atoms with E-state index in [4.69, 9.17) is 4.74 Å². The Morgan fingerprint density at radius 2 is 1.79 bits per heavy atom. The minimum absolute atomic E-state index is 0.328. The molecule has 0 aliphatic heterocycles. The molecule has 0 fully saturated rings. The second kappa shape index (κ2) is 8.18. The van der Waals surface area contributed by atoms with Crippen molar-refractivity contribution in [2.24, 2.45) is 5.92 Å². The summed E-state index contributed by atoms with van der Waals surface area (Å²) in [4.78, 5) is 0. The van der Waals surface area contributed by atoms with E-state index in [1.807, 2.05) is 18.2 Å². The van der Waals surface area contributed by atoms with Crippen molar-refractivity contribution in [3.8, 4) is 5.75 Å². The lowest BCUT2D eigenvalue weighted by Crippen LogP contribution is -2.33. The molecule has 1 rings (SSSR count). The third kappa shape index (κ3) is 6.08. The van der Waals surface area contributed by atoms with Crippen LogP contribution in [0.2, 0.25) is 0 Å². The lowest BCUT2D eigenvalue weighted by atomic mass is 10.0. The molecule has 0 aliphatic rings. The molecular weight excluding hydrogens is 238 g/mol. The first-order valence-electron chi connectivity index (χ1n) is 7.11. The summed E-state index contributed by atoms with van der Waals surface area (Å²) in [6.07, 6.45) is -0.473. The van der Waals surface area contributed by atoms with Crippen LogP contribution in [0.3, 0.4) is 0 Å². The fraction of sp³-hybridized carbons (Fsp3) is 0.625. The van der Waals surface area contributed by atoms with Gasteiger partial charge in [0.25, 0.3) is 0 Å². The van der Waals surface area contributed by atoms with E-state index in [2.05, 4.69) is 39.1 Å². The number of para-hydroxylation sites is 1. The summed E-state index contributed by atoms with van der Waals surface area (Å²) in [5.74, 6) is 1.89. The van der Waals surface area contributed by atoms with Crippen LogP contribution in [0.5, 0.6) is 5.75 Å². The van der Waals surface area contributed by atoms with Crippen LogP contribution >= 0.6 is 0 Å². The number of aliphatic hydroxyl groups is 1. The first-order valence-corrected chi connectivity index (χ1v) is 7.11. The molecule has 1 aromatic carbocycles. The molecule has 0 amide bonds. The van der Waals surface area contributed by atoms with Crippen LogP contribution in [-0.2, 0) is 0 Å². The highest BCUT2D eigenvalue weighted by Crippen LogP contribution is 2.25. The molecular formula is C16H27NO2. The van der Waals surface area contributed by atoms with Crippen molar-refractivity contribution in [2.75, 3.05) is 19.7 Å². The van der Waals surface area contributed by atoms with Crippen molar-refractivity contribution in [2.45, 2.75) is 39.7 Å². The predicted octanol–water partition coefficient (Wildman–Crippen LogP) is 2.80. The molecule has 0 spiro atoms. The third-order valence-electron chi connectivity index (χ3n) is 2.90. The highest BCUT2D eigenvalue weighted by Gasteiger charge is 2.09. The highest BCUT2D eigenvalue weighted by atomic mass is 16.5. The molecule has 0 radical (unpaired) electrons. The monoisotopic (exact) mass is 265 g/mol. The van der Waals surface area contributed by atoms with Crippen molar-refractivity contribution in [1.82, 2.24) is 5.32 Å². The normalized spacial score (nSPS) is 13.0. The van der Waals surface area contributed by atoms with E-state index in [0.717, 1.165) is 12.3 Å². The SMILES string of the molecule is CC(C)CNC[C@H](O)COc1ccccc1C(C)C. The van der Waals surface area contributed by atoms with Crippen molar-refractivity contribution < 1.29 is 9.84 Å². The fourth-order valence-corrected chi connectivity index (χ4v) is 1.87. The van der Waals surface area contributed by atoms with E-state index in [9.17, 15) is 5.11 Å². The molecule has 1 atom stereocenters. The van der Waals surface area contributed by atoms with Gasteiger partial charge in [0.05, 0.1) is 0 Å². The summed E-state index contributed by atoms with van der Waals surface area (Å²) in [5.41, 5.74) is 1.19. The van der Waals surface area contributed by atoms with Crippen LogP contribution < -0.4 is 10.1 Å². The maximum atomic E-state index is 9.87. The minimum atomic E-state index is -0.473. The van der Waals surface area contributed by atoms with Gasteiger partial charge >= 0.3 is 0 Å². The molecule has 0 saturated carbocycles. The van der Waals surface area contributed by atoms with E-state index in [-0.39, 0.29) is 0 Å². The Morgan fingerprint density at radius 1 is 1.11 bits per heavy atom. The maximum absolute atomic E-state index is 9.87. The summed E-state index contributed by atoms with van der Waals surface area (Å²) in [5, 5.41) is 13.1. The summed E-state index contributed by atoms with van der Waals surface area (Å²) < 4.78 is 5.73. The minimum Gasteiger partial charge on any atom is -0.491 e. The molecule has 1 aromatic rings. The van der Waals surface area contributed by atoms with Crippen molar-refractivity contribution in [3.63, 3.8) is 0 Å². The van der Waals surface area contributed by atoms with E-state index in [1.54, 1.807) is 0 Å². The molecule has 0 aromatic heterocycles. The summed E-state index contributed by atoms with van der Waals surface area (Å²) in [7, 11) is 0. The number of hydrogen-bond donors (Lipinski definition) is 2. The van der Waals surface area contributed by atoms with Gasteiger partial charge in [-0.05, 0) is 30.0 Å². The van der Waals surface area contributed by atoms with Gasteiger partial charge in [0.2, 0.25) is 0 Å². The van der Waals surface area contributed by atoms with Crippen LogP contribution in [0.15, 0.2) is 24.3 Å². The zero-order chi connectivity index (χ0) is 14.3. The molecule has 0 saturated heterocycles. The van der Waals surface area contributed by atoms with E-state index in [1.165, 1.54) is 5.56 Å². The third-order valence-corrected chi connectivity index (χ3v) is 2.90. The Bertz CT molecular complexity index is 364.